The van der Waals surface area contributed by atoms with Gasteiger partial charge in [0.05, 0.1) is 0 Å². The van der Waals surface area contributed by atoms with Crippen LogP contribution < -0.4 is 10.6 Å². The Kier molecular flexibility index (Phi) is 6.16. The van der Waals surface area contributed by atoms with Crippen LogP contribution in [0, 0.1) is 0 Å². The fourth-order valence-electron chi connectivity index (χ4n) is 1.96. The smallest absolute Gasteiger partial charge is 0.435 e. The largest absolute Gasteiger partial charge is 0.454 e. The van der Waals surface area contributed by atoms with Crippen molar-refractivity contribution in [1.29, 1.82) is 0 Å². The molecule has 144 valence electrons. The van der Waals surface area contributed by atoms with Gasteiger partial charge in [0.2, 0.25) is 5.91 Å². The van der Waals surface area contributed by atoms with Crippen molar-refractivity contribution in [3.63, 3.8) is 0 Å². The molecule has 0 unspecified atom stereocenters. The lowest BCUT2D eigenvalue weighted by Crippen LogP contribution is -2.23. The highest BCUT2D eigenvalue weighted by atomic mass is 19.4. The number of esters is 1. The van der Waals surface area contributed by atoms with Crippen LogP contribution in [0.4, 0.5) is 24.5 Å². The van der Waals surface area contributed by atoms with Gasteiger partial charge in [0.15, 0.2) is 12.3 Å². The van der Waals surface area contributed by atoms with Gasteiger partial charge in [-0.3, -0.25) is 19.1 Å². The molecule has 2 aromatic rings. The van der Waals surface area contributed by atoms with E-state index >= 15 is 0 Å². The number of amides is 2. The van der Waals surface area contributed by atoms with Gasteiger partial charge in [-0.2, -0.15) is 18.3 Å². The summed E-state index contributed by atoms with van der Waals surface area (Å²) in [5, 5.41) is 8.23. The third kappa shape index (κ3) is 6.45. The summed E-state index contributed by atoms with van der Waals surface area (Å²) < 4.78 is 42.7. The van der Waals surface area contributed by atoms with E-state index < -0.39 is 36.9 Å². The molecule has 11 heteroatoms. The highest BCUT2D eigenvalue weighted by molar-refractivity contribution is 5.93. The quantitative estimate of drug-likeness (QED) is 0.742. The van der Waals surface area contributed by atoms with E-state index in [1.54, 1.807) is 12.1 Å². The highest BCUT2D eigenvalue weighted by Crippen LogP contribution is 2.27. The molecular formula is C16H15F3N4O4. The van der Waals surface area contributed by atoms with Gasteiger partial charge in [-0.15, -0.1) is 0 Å². The summed E-state index contributed by atoms with van der Waals surface area (Å²) in [6, 6.07) is 6.93. The van der Waals surface area contributed by atoms with E-state index in [0.29, 0.717) is 11.4 Å². The number of carbonyl (C=O) groups is 3. The van der Waals surface area contributed by atoms with Crippen LogP contribution in [0.5, 0.6) is 0 Å². The minimum absolute atomic E-state index is 0.238. The lowest BCUT2D eigenvalue weighted by molar-refractivity contribution is -0.148. The molecular weight excluding hydrogens is 369 g/mol. The Morgan fingerprint density at radius 2 is 1.67 bits per heavy atom. The molecule has 0 radical (unpaired) electrons. The van der Waals surface area contributed by atoms with E-state index in [1.165, 1.54) is 19.1 Å². The van der Waals surface area contributed by atoms with Crippen LogP contribution in [0.3, 0.4) is 0 Å². The Balaban J connectivity index is 1.78. The van der Waals surface area contributed by atoms with Crippen LogP contribution in [0.15, 0.2) is 36.5 Å². The molecule has 0 bridgehead atoms. The number of alkyl halides is 3. The summed E-state index contributed by atoms with van der Waals surface area (Å²) in [6.07, 6.45) is -3.62. The standard InChI is InChI=1S/C16H15F3N4O4/c1-10(24)20-11-2-4-12(5-3-11)21-14(25)9-27-15(26)8-23-7-6-13(22-23)16(17,18)19/h2-7H,8-9H2,1H3,(H,20,24)(H,21,25). The summed E-state index contributed by atoms with van der Waals surface area (Å²) in [5.74, 6) is -1.78. The molecule has 8 nitrogen and oxygen atoms in total. The van der Waals surface area contributed by atoms with Crippen LogP contribution in [0.25, 0.3) is 0 Å². The normalized spacial score (nSPS) is 11.0. The summed E-state index contributed by atoms with van der Waals surface area (Å²) in [5.41, 5.74) is -0.174. The second kappa shape index (κ2) is 8.34. The number of nitrogens with one attached hydrogen (secondary N) is 2. The van der Waals surface area contributed by atoms with Crippen LogP contribution in [-0.2, 0) is 31.8 Å². The number of aromatic nitrogens is 2. The maximum atomic E-state index is 12.4. The highest BCUT2D eigenvalue weighted by Gasteiger charge is 2.33. The molecule has 0 aliphatic rings. The predicted octanol–water partition coefficient (Wildman–Crippen LogP) is 2.04. The van der Waals surface area contributed by atoms with Crippen molar-refractivity contribution in [1.82, 2.24) is 9.78 Å². The zero-order valence-electron chi connectivity index (χ0n) is 14.0. The Labute approximate surface area is 151 Å². The van der Waals surface area contributed by atoms with E-state index in [2.05, 4.69) is 15.7 Å². The first-order chi connectivity index (χ1) is 12.6. The number of nitrogens with zero attached hydrogens (tertiary/aromatic N) is 2. The fraction of sp³-hybridized carbons (Fsp3) is 0.250. The van der Waals surface area contributed by atoms with E-state index in [-0.39, 0.29) is 5.91 Å². The number of benzene rings is 1. The number of ether oxygens (including phenoxy) is 1. The van der Waals surface area contributed by atoms with E-state index in [4.69, 9.17) is 4.74 Å². The van der Waals surface area contributed by atoms with Crippen molar-refractivity contribution in [3.05, 3.63) is 42.2 Å². The maximum Gasteiger partial charge on any atom is 0.435 e. The SMILES string of the molecule is CC(=O)Nc1ccc(NC(=O)COC(=O)Cn2ccc(C(F)(F)F)n2)cc1. The third-order valence-electron chi connectivity index (χ3n) is 3.08. The maximum absolute atomic E-state index is 12.4. The molecule has 1 aromatic heterocycles. The molecule has 0 spiro atoms. The minimum Gasteiger partial charge on any atom is -0.454 e. The predicted molar refractivity (Wildman–Crippen MR) is 87.6 cm³/mol. The molecule has 0 saturated carbocycles. The van der Waals surface area contributed by atoms with Gasteiger partial charge < -0.3 is 15.4 Å². The van der Waals surface area contributed by atoms with Crippen molar-refractivity contribution >= 4 is 29.2 Å². The van der Waals surface area contributed by atoms with Crippen molar-refractivity contribution in [2.75, 3.05) is 17.2 Å². The van der Waals surface area contributed by atoms with Gasteiger partial charge in [0.1, 0.15) is 6.54 Å². The Morgan fingerprint density at radius 3 is 2.19 bits per heavy atom. The van der Waals surface area contributed by atoms with Crippen LogP contribution in [0.1, 0.15) is 12.6 Å². The van der Waals surface area contributed by atoms with Gasteiger partial charge >= 0.3 is 12.1 Å². The zero-order valence-corrected chi connectivity index (χ0v) is 14.0. The molecule has 2 rings (SSSR count). The first-order valence-electron chi connectivity index (χ1n) is 7.57. The Morgan fingerprint density at radius 1 is 1.07 bits per heavy atom. The van der Waals surface area contributed by atoms with Gasteiger partial charge in [-0.05, 0) is 30.3 Å². The summed E-state index contributed by atoms with van der Waals surface area (Å²) >= 11 is 0. The molecule has 27 heavy (non-hydrogen) atoms. The topological polar surface area (TPSA) is 102 Å². The summed E-state index contributed by atoms with van der Waals surface area (Å²) in [4.78, 5) is 34.2. The number of carbonyl (C=O) groups excluding carboxylic acids is 3. The van der Waals surface area contributed by atoms with Gasteiger partial charge in [-0.25, -0.2) is 0 Å². The molecule has 0 saturated heterocycles. The van der Waals surface area contributed by atoms with Crippen LogP contribution in [-0.4, -0.2) is 34.2 Å². The average Bonchev–Trinajstić information content (AvgIpc) is 3.03. The molecule has 0 aliphatic carbocycles. The molecule has 2 N–H and O–H groups in total. The number of anilines is 2. The average molecular weight is 384 g/mol. The first kappa shape index (κ1) is 19.9. The minimum atomic E-state index is -4.61. The van der Waals surface area contributed by atoms with E-state index in [9.17, 15) is 27.6 Å². The van der Waals surface area contributed by atoms with Crippen molar-refractivity contribution in [3.8, 4) is 0 Å². The molecule has 0 aliphatic heterocycles. The summed E-state index contributed by atoms with van der Waals surface area (Å²) in [6.45, 7) is 0.186. The number of hydrogen-bond donors (Lipinski definition) is 2. The van der Waals surface area contributed by atoms with Crippen LogP contribution >= 0.6 is 0 Å². The second-order valence-electron chi connectivity index (χ2n) is 5.36. The first-order valence-corrected chi connectivity index (χ1v) is 7.57. The molecule has 0 atom stereocenters. The van der Waals surface area contributed by atoms with E-state index in [0.717, 1.165) is 16.9 Å². The number of hydrogen-bond acceptors (Lipinski definition) is 5. The van der Waals surface area contributed by atoms with Gasteiger partial charge in [0, 0.05) is 24.5 Å². The lowest BCUT2D eigenvalue weighted by Gasteiger charge is -2.08. The number of halogens is 3. The Bertz CT molecular complexity index is 831. The van der Waals surface area contributed by atoms with Gasteiger partial charge in [0.25, 0.3) is 5.91 Å². The number of rotatable bonds is 6. The zero-order chi connectivity index (χ0) is 20.0. The molecule has 0 fully saturated rings. The van der Waals surface area contributed by atoms with E-state index in [1.807, 2.05) is 0 Å². The third-order valence-corrected chi connectivity index (χ3v) is 3.08. The van der Waals surface area contributed by atoms with Crippen molar-refractivity contribution < 1.29 is 32.3 Å². The van der Waals surface area contributed by atoms with Gasteiger partial charge in [-0.1, -0.05) is 0 Å². The van der Waals surface area contributed by atoms with Crippen LogP contribution in [0.2, 0.25) is 0 Å². The second-order valence-corrected chi connectivity index (χ2v) is 5.36. The Hall–Kier alpha value is -3.37. The molecule has 2 amide bonds. The molecule has 1 aromatic carbocycles. The summed E-state index contributed by atoms with van der Waals surface area (Å²) in [7, 11) is 0. The molecule has 1 heterocycles. The monoisotopic (exact) mass is 384 g/mol. The van der Waals surface area contributed by atoms with Crippen molar-refractivity contribution in [2.24, 2.45) is 0 Å². The van der Waals surface area contributed by atoms with Crippen molar-refractivity contribution in [2.45, 2.75) is 19.6 Å². The lowest BCUT2D eigenvalue weighted by atomic mass is 10.2. The fourth-order valence-corrected chi connectivity index (χ4v) is 1.96.